The van der Waals surface area contributed by atoms with Gasteiger partial charge in [0.05, 0.1) is 11.3 Å². The zero-order chi connectivity index (χ0) is 13.0. The topological polar surface area (TPSA) is 68.2 Å². The summed E-state index contributed by atoms with van der Waals surface area (Å²) in [6, 6.07) is 9.30. The number of nitrogens with zero attached hydrogens (tertiary/aromatic N) is 2. The maximum absolute atomic E-state index is 11.9. The lowest BCUT2D eigenvalue weighted by Gasteiger charge is -2.37. The smallest absolute Gasteiger partial charge is 0.244 e. The lowest BCUT2D eigenvalue weighted by molar-refractivity contribution is -0.123. The Morgan fingerprint density at radius 2 is 2.33 bits per heavy atom. The van der Waals surface area contributed by atoms with Gasteiger partial charge in [-0.05, 0) is 19.2 Å². The quantitative estimate of drug-likeness (QED) is 0.790. The summed E-state index contributed by atoms with van der Waals surface area (Å²) in [5.41, 5.74) is 1.43. The Morgan fingerprint density at radius 3 is 3.06 bits per heavy atom. The molecule has 1 fully saturated rings. The molecule has 1 aliphatic heterocycles. The Morgan fingerprint density at radius 1 is 1.56 bits per heavy atom. The fourth-order valence-corrected chi connectivity index (χ4v) is 2.22. The molecular weight excluding hydrogens is 228 g/mol. The highest BCUT2D eigenvalue weighted by Gasteiger charge is 2.30. The third-order valence-corrected chi connectivity index (χ3v) is 3.06. The Labute approximate surface area is 106 Å². The van der Waals surface area contributed by atoms with Crippen molar-refractivity contribution in [2.75, 3.05) is 31.6 Å². The molecule has 1 heterocycles. The van der Waals surface area contributed by atoms with E-state index in [0.29, 0.717) is 18.7 Å². The molecule has 0 bridgehead atoms. The molecule has 94 valence electrons. The molecule has 1 atom stereocenters. The molecular formula is C13H16N4O. The highest BCUT2D eigenvalue weighted by Crippen LogP contribution is 2.22. The second-order valence-corrected chi connectivity index (χ2v) is 4.19. The number of nitrogens with one attached hydrogen (secondary N) is 2. The van der Waals surface area contributed by atoms with Gasteiger partial charge in [-0.1, -0.05) is 12.1 Å². The van der Waals surface area contributed by atoms with Crippen LogP contribution in [0.3, 0.4) is 0 Å². The Balaban J connectivity index is 2.34. The van der Waals surface area contributed by atoms with E-state index < -0.39 is 0 Å². The SMILES string of the molecule is CNCC1C(=O)NCCN1c1ccccc1C#N. The standard InChI is InChI=1S/C13H16N4O/c1-15-9-12-13(18)16-6-7-17(12)11-5-3-2-4-10(11)8-14/h2-5,12,15H,6-7,9H2,1H3,(H,16,18). The van der Waals surface area contributed by atoms with Crippen molar-refractivity contribution in [2.45, 2.75) is 6.04 Å². The average Bonchev–Trinajstić information content (AvgIpc) is 2.41. The van der Waals surface area contributed by atoms with Gasteiger partial charge in [0.1, 0.15) is 12.1 Å². The van der Waals surface area contributed by atoms with Crippen molar-refractivity contribution < 1.29 is 4.79 Å². The zero-order valence-electron chi connectivity index (χ0n) is 10.3. The molecule has 2 rings (SSSR count). The van der Waals surface area contributed by atoms with Gasteiger partial charge in [0.15, 0.2) is 0 Å². The molecule has 1 aromatic rings. The first-order valence-corrected chi connectivity index (χ1v) is 5.96. The van der Waals surface area contributed by atoms with Crippen molar-refractivity contribution in [3.05, 3.63) is 29.8 Å². The van der Waals surface area contributed by atoms with Crippen LogP contribution in [-0.4, -0.2) is 38.6 Å². The first-order chi connectivity index (χ1) is 8.77. The maximum atomic E-state index is 11.9. The fourth-order valence-electron chi connectivity index (χ4n) is 2.22. The molecule has 0 spiro atoms. The summed E-state index contributed by atoms with van der Waals surface area (Å²) in [6.45, 7) is 1.89. The number of carbonyl (C=O) groups is 1. The van der Waals surface area contributed by atoms with Crippen molar-refractivity contribution in [1.29, 1.82) is 5.26 Å². The second kappa shape index (κ2) is 5.52. The molecule has 1 saturated heterocycles. The molecule has 2 N–H and O–H groups in total. The second-order valence-electron chi connectivity index (χ2n) is 4.19. The zero-order valence-corrected chi connectivity index (χ0v) is 10.3. The van der Waals surface area contributed by atoms with Crippen molar-refractivity contribution in [3.8, 4) is 6.07 Å². The summed E-state index contributed by atoms with van der Waals surface area (Å²) in [5, 5.41) is 15.0. The summed E-state index contributed by atoms with van der Waals surface area (Å²) in [7, 11) is 1.82. The normalized spacial score (nSPS) is 19.2. The van der Waals surface area contributed by atoms with E-state index in [9.17, 15) is 4.79 Å². The summed E-state index contributed by atoms with van der Waals surface area (Å²) in [4.78, 5) is 13.9. The van der Waals surface area contributed by atoms with E-state index in [2.05, 4.69) is 16.7 Å². The van der Waals surface area contributed by atoms with E-state index in [4.69, 9.17) is 5.26 Å². The molecule has 0 aromatic heterocycles. The molecule has 1 amide bonds. The summed E-state index contributed by atoms with van der Waals surface area (Å²) in [6.07, 6.45) is 0. The third-order valence-electron chi connectivity index (χ3n) is 3.06. The van der Waals surface area contributed by atoms with Crippen molar-refractivity contribution in [1.82, 2.24) is 10.6 Å². The number of likely N-dealkylation sites (N-methyl/N-ethyl adjacent to an activating group) is 1. The van der Waals surface area contributed by atoms with Crippen LogP contribution in [0.4, 0.5) is 5.69 Å². The number of rotatable bonds is 3. The summed E-state index contributed by atoms with van der Waals surface area (Å²) >= 11 is 0. The number of para-hydroxylation sites is 1. The largest absolute Gasteiger partial charge is 0.356 e. The van der Waals surface area contributed by atoms with Gasteiger partial charge < -0.3 is 15.5 Å². The van der Waals surface area contributed by atoms with Crippen molar-refractivity contribution in [2.24, 2.45) is 0 Å². The van der Waals surface area contributed by atoms with Crippen LogP contribution in [0.5, 0.6) is 0 Å². The van der Waals surface area contributed by atoms with Gasteiger partial charge in [0, 0.05) is 19.6 Å². The van der Waals surface area contributed by atoms with Crippen molar-refractivity contribution in [3.63, 3.8) is 0 Å². The van der Waals surface area contributed by atoms with Crippen LogP contribution in [0.15, 0.2) is 24.3 Å². The van der Waals surface area contributed by atoms with Gasteiger partial charge >= 0.3 is 0 Å². The molecule has 5 heteroatoms. The lowest BCUT2D eigenvalue weighted by atomic mass is 10.1. The van der Waals surface area contributed by atoms with E-state index in [-0.39, 0.29) is 11.9 Å². The predicted molar refractivity (Wildman–Crippen MR) is 69.2 cm³/mol. The van der Waals surface area contributed by atoms with E-state index in [1.165, 1.54) is 0 Å². The van der Waals surface area contributed by atoms with Crippen molar-refractivity contribution >= 4 is 11.6 Å². The Bertz CT molecular complexity index is 480. The first kappa shape index (κ1) is 12.4. The van der Waals surface area contributed by atoms with Crippen LogP contribution in [0, 0.1) is 11.3 Å². The molecule has 18 heavy (non-hydrogen) atoms. The molecule has 0 radical (unpaired) electrons. The highest BCUT2D eigenvalue weighted by atomic mass is 16.2. The van der Waals surface area contributed by atoms with Gasteiger partial charge in [-0.3, -0.25) is 4.79 Å². The molecule has 1 aliphatic rings. The van der Waals surface area contributed by atoms with E-state index in [0.717, 1.165) is 12.2 Å². The average molecular weight is 244 g/mol. The first-order valence-electron chi connectivity index (χ1n) is 5.96. The van der Waals surface area contributed by atoms with Gasteiger partial charge in [-0.2, -0.15) is 5.26 Å². The lowest BCUT2D eigenvalue weighted by Crippen LogP contribution is -2.58. The number of anilines is 1. The van der Waals surface area contributed by atoms with Crippen LogP contribution in [0.25, 0.3) is 0 Å². The number of amides is 1. The highest BCUT2D eigenvalue weighted by molar-refractivity contribution is 5.87. The molecule has 5 nitrogen and oxygen atoms in total. The number of piperazine rings is 1. The van der Waals surface area contributed by atoms with Crippen LogP contribution < -0.4 is 15.5 Å². The molecule has 0 aliphatic carbocycles. The van der Waals surface area contributed by atoms with Crippen LogP contribution in [0.1, 0.15) is 5.56 Å². The Kier molecular flexibility index (Phi) is 3.80. The van der Waals surface area contributed by atoms with Gasteiger partial charge in [0.25, 0.3) is 0 Å². The van der Waals surface area contributed by atoms with Gasteiger partial charge in [0.2, 0.25) is 5.91 Å². The van der Waals surface area contributed by atoms with E-state index in [1.807, 2.05) is 30.1 Å². The number of hydrogen-bond donors (Lipinski definition) is 2. The predicted octanol–water partition coefficient (Wildman–Crippen LogP) is 0.0825. The maximum Gasteiger partial charge on any atom is 0.244 e. The minimum Gasteiger partial charge on any atom is -0.356 e. The third kappa shape index (κ3) is 2.29. The molecule has 0 saturated carbocycles. The fraction of sp³-hybridized carbons (Fsp3) is 0.385. The minimum absolute atomic E-state index is 0.00310. The monoisotopic (exact) mass is 244 g/mol. The van der Waals surface area contributed by atoms with Crippen LogP contribution >= 0.6 is 0 Å². The summed E-state index contributed by atoms with van der Waals surface area (Å²) in [5.74, 6) is 0.00310. The minimum atomic E-state index is -0.266. The number of benzene rings is 1. The summed E-state index contributed by atoms with van der Waals surface area (Å²) < 4.78 is 0. The number of hydrogen-bond acceptors (Lipinski definition) is 4. The van der Waals surface area contributed by atoms with E-state index in [1.54, 1.807) is 6.07 Å². The van der Waals surface area contributed by atoms with E-state index >= 15 is 0 Å². The molecule has 1 unspecified atom stereocenters. The number of carbonyl (C=O) groups excluding carboxylic acids is 1. The van der Waals surface area contributed by atoms with Crippen LogP contribution in [0.2, 0.25) is 0 Å². The number of nitriles is 1. The van der Waals surface area contributed by atoms with Gasteiger partial charge in [-0.25, -0.2) is 0 Å². The van der Waals surface area contributed by atoms with Crippen LogP contribution in [-0.2, 0) is 4.79 Å². The Hall–Kier alpha value is -2.06. The van der Waals surface area contributed by atoms with Gasteiger partial charge in [-0.15, -0.1) is 0 Å². The molecule has 1 aromatic carbocycles.